The van der Waals surface area contributed by atoms with E-state index in [1.165, 1.54) is 0 Å². The highest BCUT2D eigenvalue weighted by Gasteiger charge is 1.97. The van der Waals surface area contributed by atoms with Crippen LogP contribution in [0, 0.1) is 0 Å². The summed E-state index contributed by atoms with van der Waals surface area (Å²) in [7, 11) is 0. The van der Waals surface area contributed by atoms with Crippen LogP contribution in [-0.4, -0.2) is 92.5 Å². The van der Waals surface area contributed by atoms with Crippen molar-refractivity contribution in [2.45, 2.75) is 83.5 Å². The van der Waals surface area contributed by atoms with Crippen LogP contribution in [0.25, 0.3) is 0 Å². The Labute approximate surface area is 209 Å². The molecular weight excluding hydrogens is 436 g/mol. The third-order valence-electron chi connectivity index (χ3n) is 5.54. The Balaban J connectivity index is 2.00. The lowest BCUT2D eigenvalue weighted by Gasteiger charge is -2.08. The molecule has 1 heterocycles. The Morgan fingerprint density at radius 3 is 0.412 bits per heavy atom. The second kappa shape index (κ2) is 29.0. The summed E-state index contributed by atoms with van der Waals surface area (Å²) in [6.07, 6.45) is 13.7. The molecule has 7 nitrogen and oxygen atoms in total. The summed E-state index contributed by atoms with van der Waals surface area (Å²) in [6.45, 7) is 11.5. The van der Waals surface area contributed by atoms with Crippen LogP contribution < -0.4 is 0 Å². The highest BCUT2D eigenvalue weighted by molar-refractivity contribution is 4.46. The minimum absolute atomic E-state index is 0.778. The summed E-state index contributed by atoms with van der Waals surface area (Å²) in [5.41, 5.74) is 0. The molecule has 0 spiro atoms. The number of hydrogen-bond acceptors (Lipinski definition) is 7. The molecule has 1 saturated heterocycles. The van der Waals surface area contributed by atoms with Gasteiger partial charge in [-0.3, -0.25) is 0 Å². The van der Waals surface area contributed by atoms with Crippen molar-refractivity contribution >= 4 is 0 Å². The molecule has 0 aromatic heterocycles. The Hall–Kier alpha value is -0.280. The molecule has 0 atom stereocenters. The zero-order valence-corrected chi connectivity index (χ0v) is 21.9. The summed E-state index contributed by atoms with van der Waals surface area (Å²) >= 11 is 0. The van der Waals surface area contributed by atoms with E-state index in [-0.39, 0.29) is 0 Å². The van der Waals surface area contributed by atoms with Gasteiger partial charge < -0.3 is 33.2 Å². The molecule has 1 fully saturated rings. The van der Waals surface area contributed by atoms with Crippen LogP contribution in [0.1, 0.15) is 83.5 Å². The molecule has 0 aromatic rings. The lowest BCUT2D eigenvalue weighted by molar-refractivity contribution is 0.0660. The summed E-state index contributed by atoms with van der Waals surface area (Å²) in [5, 5.41) is 0. The van der Waals surface area contributed by atoms with Gasteiger partial charge in [0, 0.05) is 92.5 Å². The molecule has 0 aromatic carbocycles. The van der Waals surface area contributed by atoms with Gasteiger partial charge in [-0.15, -0.1) is 0 Å². The summed E-state index contributed by atoms with van der Waals surface area (Å²) in [6, 6.07) is 0. The Morgan fingerprint density at radius 2 is 0.265 bits per heavy atom. The first-order chi connectivity index (χ1) is 17.0. The molecule has 0 aliphatic carbocycles. The molecule has 0 unspecified atom stereocenters. The fourth-order valence-corrected chi connectivity index (χ4v) is 3.43. The zero-order chi connectivity index (χ0) is 24.0. The van der Waals surface area contributed by atoms with Crippen molar-refractivity contribution in [1.29, 1.82) is 0 Å². The van der Waals surface area contributed by atoms with E-state index in [0.717, 1.165) is 176 Å². The highest BCUT2D eigenvalue weighted by Crippen LogP contribution is 2.00. The first-order valence-electron chi connectivity index (χ1n) is 14.0. The maximum atomic E-state index is 5.70. The van der Waals surface area contributed by atoms with Gasteiger partial charge >= 0.3 is 0 Å². The third kappa shape index (κ3) is 26.3. The first-order valence-corrected chi connectivity index (χ1v) is 14.0. The molecule has 0 N–H and O–H groups in total. The standard InChI is InChI=1S/C27H54O7/c1-3-16-29-18-5-7-20-31-22-9-11-24-33-26-13-27-34-25-12-10-23-32-21-8-6-19-30-17-4-2-15-28-14-1/h1-27H2. The minimum Gasteiger partial charge on any atom is -0.381 e. The third-order valence-corrected chi connectivity index (χ3v) is 5.54. The molecule has 0 saturated carbocycles. The van der Waals surface area contributed by atoms with Crippen LogP contribution in [0.3, 0.4) is 0 Å². The minimum atomic E-state index is 0.778. The number of ether oxygens (including phenoxy) is 7. The van der Waals surface area contributed by atoms with E-state index in [1.54, 1.807) is 0 Å². The Morgan fingerprint density at radius 1 is 0.147 bits per heavy atom. The number of rotatable bonds is 0. The van der Waals surface area contributed by atoms with Crippen molar-refractivity contribution in [3.05, 3.63) is 0 Å². The quantitative estimate of drug-likeness (QED) is 0.463. The predicted molar refractivity (Wildman–Crippen MR) is 136 cm³/mol. The molecule has 7 heteroatoms. The van der Waals surface area contributed by atoms with Gasteiger partial charge in [-0.1, -0.05) is 0 Å². The molecule has 1 rings (SSSR count). The van der Waals surface area contributed by atoms with Gasteiger partial charge in [0.25, 0.3) is 0 Å². The predicted octanol–water partition coefficient (Wildman–Crippen LogP) is 5.19. The van der Waals surface area contributed by atoms with E-state index in [1.807, 2.05) is 0 Å². The van der Waals surface area contributed by atoms with Gasteiger partial charge in [-0.05, 0) is 83.5 Å². The van der Waals surface area contributed by atoms with E-state index in [0.29, 0.717) is 0 Å². The SMILES string of the molecule is C1CCOCCCCOCCCCOCCCOCCCCOCCCCOCCCCOC1. The second-order valence-corrected chi connectivity index (χ2v) is 8.88. The van der Waals surface area contributed by atoms with E-state index in [2.05, 4.69) is 0 Å². The molecule has 1 aliphatic rings. The van der Waals surface area contributed by atoms with E-state index >= 15 is 0 Å². The maximum Gasteiger partial charge on any atom is 0.0487 e. The van der Waals surface area contributed by atoms with Gasteiger partial charge in [0.15, 0.2) is 0 Å². The molecule has 0 amide bonds. The molecule has 1 aliphatic heterocycles. The summed E-state index contributed by atoms with van der Waals surface area (Å²) in [5.74, 6) is 0. The first kappa shape index (κ1) is 31.7. The van der Waals surface area contributed by atoms with Gasteiger partial charge in [0.1, 0.15) is 0 Å². The Bertz CT molecular complexity index is 198. The lowest BCUT2D eigenvalue weighted by Crippen LogP contribution is -2.06. The van der Waals surface area contributed by atoms with Crippen molar-refractivity contribution in [1.82, 2.24) is 0 Å². The van der Waals surface area contributed by atoms with Crippen LogP contribution in [-0.2, 0) is 33.2 Å². The van der Waals surface area contributed by atoms with Gasteiger partial charge in [0.2, 0.25) is 0 Å². The largest absolute Gasteiger partial charge is 0.381 e. The fraction of sp³-hybridized carbons (Fsp3) is 1.00. The fourth-order valence-electron chi connectivity index (χ4n) is 3.43. The number of hydrogen-bond donors (Lipinski definition) is 0. The molecule has 34 heavy (non-hydrogen) atoms. The normalized spacial score (nSPS) is 24.0. The van der Waals surface area contributed by atoms with Gasteiger partial charge in [-0.25, -0.2) is 0 Å². The monoisotopic (exact) mass is 490 g/mol. The van der Waals surface area contributed by atoms with Crippen LogP contribution >= 0.6 is 0 Å². The zero-order valence-electron chi connectivity index (χ0n) is 21.9. The summed E-state index contributed by atoms with van der Waals surface area (Å²) in [4.78, 5) is 0. The Kier molecular flexibility index (Phi) is 27.0. The highest BCUT2D eigenvalue weighted by atomic mass is 16.5. The van der Waals surface area contributed by atoms with Crippen molar-refractivity contribution in [2.75, 3.05) is 92.5 Å². The van der Waals surface area contributed by atoms with Crippen molar-refractivity contribution < 1.29 is 33.2 Å². The van der Waals surface area contributed by atoms with Crippen molar-refractivity contribution in [3.8, 4) is 0 Å². The molecule has 0 bridgehead atoms. The average Bonchev–Trinajstić information content (AvgIpc) is 2.85. The van der Waals surface area contributed by atoms with Crippen LogP contribution in [0.15, 0.2) is 0 Å². The average molecular weight is 491 g/mol. The smallest absolute Gasteiger partial charge is 0.0487 e. The van der Waals surface area contributed by atoms with Gasteiger partial charge in [-0.2, -0.15) is 0 Å². The lowest BCUT2D eigenvalue weighted by atomic mass is 10.3. The second-order valence-electron chi connectivity index (χ2n) is 8.88. The van der Waals surface area contributed by atoms with Crippen molar-refractivity contribution in [2.24, 2.45) is 0 Å². The van der Waals surface area contributed by atoms with Crippen LogP contribution in [0.4, 0.5) is 0 Å². The maximum absolute atomic E-state index is 5.70. The van der Waals surface area contributed by atoms with Crippen molar-refractivity contribution in [3.63, 3.8) is 0 Å². The van der Waals surface area contributed by atoms with Crippen LogP contribution in [0.5, 0.6) is 0 Å². The van der Waals surface area contributed by atoms with Gasteiger partial charge in [0.05, 0.1) is 0 Å². The molecular formula is C27H54O7. The molecule has 204 valence electrons. The summed E-state index contributed by atoms with van der Waals surface area (Å²) < 4.78 is 39.8. The van der Waals surface area contributed by atoms with E-state index in [4.69, 9.17) is 33.2 Å². The topological polar surface area (TPSA) is 64.6 Å². The van der Waals surface area contributed by atoms with Crippen LogP contribution in [0.2, 0.25) is 0 Å². The molecule has 0 radical (unpaired) electrons. The van der Waals surface area contributed by atoms with E-state index in [9.17, 15) is 0 Å². The van der Waals surface area contributed by atoms with E-state index < -0.39 is 0 Å².